The number of anilines is 2. The number of benzene rings is 2. The lowest BCUT2D eigenvalue weighted by molar-refractivity contribution is -0.137. The molecule has 10 heteroatoms. The first-order chi connectivity index (χ1) is 13.8. The highest BCUT2D eigenvalue weighted by atomic mass is 19.4. The van der Waals surface area contributed by atoms with Crippen LogP contribution in [0.3, 0.4) is 0 Å². The fourth-order valence-electron chi connectivity index (χ4n) is 2.62. The average Bonchev–Trinajstić information content (AvgIpc) is 2.67. The summed E-state index contributed by atoms with van der Waals surface area (Å²) in [4.78, 5) is 28.9. The SMILES string of the molecule is COCCn1cnc2ccc(NC(=O)Nc3ccc(C(F)(F)F)cc3)cc2c1=O. The lowest BCUT2D eigenvalue weighted by Crippen LogP contribution is -2.23. The van der Waals surface area contributed by atoms with E-state index in [0.29, 0.717) is 29.7 Å². The zero-order valence-electron chi connectivity index (χ0n) is 15.3. The van der Waals surface area contributed by atoms with Crippen LogP contribution in [0.25, 0.3) is 10.9 Å². The molecule has 2 aromatic carbocycles. The van der Waals surface area contributed by atoms with Crippen LogP contribution in [0.5, 0.6) is 0 Å². The van der Waals surface area contributed by atoms with Gasteiger partial charge in [0.1, 0.15) is 0 Å². The first kappa shape index (κ1) is 20.3. The summed E-state index contributed by atoms with van der Waals surface area (Å²) in [6.07, 6.45) is -3.02. The van der Waals surface area contributed by atoms with Crippen molar-refractivity contribution in [1.82, 2.24) is 9.55 Å². The Morgan fingerprint density at radius 1 is 1.10 bits per heavy atom. The number of hydrogen-bond acceptors (Lipinski definition) is 4. The molecule has 0 aliphatic carbocycles. The molecule has 0 radical (unpaired) electrons. The van der Waals surface area contributed by atoms with Gasteiger partial charge in [-0.05, 0) is 42.5 Å². The molecule has 0 saturated carbocycles. The molecular formula is C19H17F3N4O3. The molecule has 29 heavy (non-hydrogen) atoms. The number of nitrogens with one attached hydrogen (secondary N) is 2. The van der Waals surface area contributed by atoms with Crippen LogP contribution >= 0.6 is 0 Å². The highest BCUT2D eigenvalue weighted by molar-refractivity contribution is 6.00. The number of urea groups is 1. The van der Waals surface area contributed by atoms with Crippen molar-refractivity contribution in [2.75, 3.05) is 24.4 Å². The number of carbonyl (C=O) groups excluding carboxylic acids is 1. The third kappa shape index (κ3) is 4.91. The van der Waals surface area contributed by atoms with Crippen molar-refractivity contribution in [3.05, 3.63) is 64.7 Å². The first-order valence-corrected chi connectivity index (χ1v) is 8.51. The van der Waals surface area contributed by atoms with Crippen LogP contribution in [0, 0.1) is 0 Å². The number of aromatic nitrogens is 2. The first-order valence-electron chi connectivity index (χ1n) is 8.51. The van der Waals surface area contributed by atoms with Crippen LogP contribution in [0.15, 0.2) is 53.6 Å². The van der Waals surface area contributed by atoms with Crippen LogP contribution in [-0.2, 0) is 17.5 Å². The average molecular weight is 406 g/mol. The van der Waals surface area contributed by atoms with E-state index in [1.807, 2.05) is 0 Å². The highest BCUT2D eigenvalue weighted by Gasteiger charge is 2.29. The standard InChI is InChI=1S/C19H17F3N4O3/c1-29-9-8-26-11-23-16-7-6-14(10-15(16)17(26)27)25-18(28)24-13-4-2-12(3-5-13)19(20,21)22/h2-7,10-11H,8-9H2,1H3,(H2,24,25,28). The zero-order valence-corrected chi connectivity index (χ0v) is 15.3. The maximum atomic E-state index is 12.6. The molecule has 0 bridgehead atoms. The summed E-state index contributed by atoms with van der Waals surface area (Å²) in [5.74, 6) is 0. The second-order valence-corrected chi connectivity index (χ2v) is 6.12. The maximum absolute atomic E-state index is 12.6. The van der Waals surface area contributed by atoms with E-state index in [2.05, 4.69) is 15.6 Å². The van der Waals surface area contributed by atoms with Crippen LogP contribution in [-0.4, -0.2) is 29.3 Å². The van der Waals surface area contributed by atoms with Crippen molar-refractivity contribution < 1.29 is 22.7 Å². The lowest BCUT2D eigenvalue weighted by Gasteiger charge is -2.11. The van der Waals surface area contributed by atoms with Gasteiger partial charge in [0.15, 0.2) is 0 Å². The van der Waals surface area contributed by atoms with Crippen molar-refractivity contribution >= 4 is 28.3 Å². The number of carbonyl (C=O) groups is 1. The van der Waals surface area contributed by atoms with E-state index in [9.17, 15) is 22.8 Å². The Hall–Kier alpha value is -3.40. The number of ether oxygens (including phenoxy) is 1. The van der Waals surface area contributed by atoms with Crippen LogP contribution in [0.2, 0.25) is 0 Å². The number of alkyl halides is 3. The van der Waals surface area contributed by atoms with E-state index in [-0.39, 0.29) is 11.2 Å². The molecule has 7 nitrogen and oxygen atoms in total. The molecule has 0 unspecified atom stereocenters. The predicted octanol–water partition coefficient (Wildman–Crippen LogP) is 3.71. The topological polar surface area (TPSA) is 85.2 Å². The van der Waals surface area contributed by atoms with Crippen molar-refractivity contribution in [3.8, 4) is 0 Å². The molecule has 0 spiro atoms. The Morgan fingerprint density at radius 3 is 2.41 bits per heavy atom. The number of hydrogen-bond donors (Lipinski definition) is 2. The van der Waals surface area contributed by atoms with E-state index >= 15 is 0 Å². The minimum Gasteiger partial charge on any atom is -0.383 e. The van der Waals surface area contributed by atoms with Gasteiger partial charge in [-0.15, -0.1) is 0 Å². The molecule has 3 rings (SSSR count). The Kier molecular flexibility index (Phi) is 5.83. The van der Waals surface area contributed by atoms with Crippen LogP contribution < -0.4 is 16.2 Å². The highest BCUT2D eigenvalue weighted by Crippen LogP contribution is 2.29. The van der Waals surface area contributed by atoms with Gasteiger partial charge in [-0.2, -0.15) is 13.2 Å². The van der Waals surface area contributed by atoms with Gasteiger partial charge < -0.3 is 15.4 Å². The molecule has 0 saturated heterocycles. The van der Waals surface area contributed by atoms with E-state index in [0.717, 1.165) is 24.3 Å². The number of halogens is 3. The van der Waals surface area contributed by atoms with Gasteiger partial charge in [0.2, 0.25) is 0 Å². The third-order valence-electron chi connectivity index (χ3n) is 4.09. The van der Waals surface area contributed by atoms with E-state index in [4.69, 9.17) is 4.74 Å². The van der Waals surface area contributed by atoms with E-state index < -0.39 is 17.8 Å². The molecule has 152 valence electrons. The molecule has 0 fully saturated rings. The summed E-state index contributed by atoms with van der Waals surface area (Å²) < 4.78 is 44.1. The summed E-state index contributed by atoms with van der Waals surface area (Å²) in [5.41, 5.74) is -0.0865. The van der Waals surface area contributed by atoms with Gasteiger partial charge >= 0.3 is 12.2 Å². The summed E-state index contributed by atoms with van der Waals surface area (Å²) in [7, 11) is 1.52. The molecule has 2 amide bonds. The van der Waals surface area contributed by atoms with Crippen LogP contribution in [0.4, 0.5) is 29.3 Å². The number of fused-ring (bicyclic) bond motifs is 1. The Labute approximate surface area is 163 Å². The normalized spacial score (nSPS) is 11.4. The number of nitrogens with zero attached hydrogens (tertiary/aromatic N) is 2. The third-order valence-corrected chi connectivity index (χ3v) is 4.09. The number of amides is 2. The Morgan fingerprint density at radius 2 is 1.76 bits per heavy atom. The molecule has 0 aliphatic rings. The van der Waals surface area contributed by atoms with Crippen molar-refractivity contribution in [1.29, 1.82) is 0 Å². The molecule has 2 N–H and O–H groups in total. The summed E-state index contributed by atoms with van der Waals surface area (Å²) in [5, 5.41) is 5.30. The molecule has 1 aromatic heterocycles. The Balaban J connectivity index is 1.74. The van der Waals surface area contributed by atoms with Crippen molar-refractivity contribution in [2.24, 2.45) is 0 Å². The van der Waals surface area contributed by atoms with Gasteiger partial charge in [-0.25, -0.2) is 9.78 Å². The summed E-state index contributed by atoms with van der Waals surface area (Å²) >= 11 is 0. The minimum absolute atomic E-state index is 0.194. The number of methoxy groups -OCH3 is 1. The van der Waals surface area contributed by atoms with Crippen LogP contribution in [0.1, 0.15) is 5.56 Å². The van der Waals surface area contributed by atoms with E-state index in [1.165, 1.54) is 24.1 Å². The molecule has 0 atom stereocenters. The zero-order chi connectivity index (χ0) is 21.0. The predicted molar refractivity (Wildman–Crippen MR) is 102 cm³/mol. The molecular weight excluding hydrogens is 389 g/mol. The summed E-state index contributed by atoms with van der Waals surface area (Å²) in [6, 6.07) is 8.04. The van der Waals surface area contributed by atoms with Gasteiger partial charge in [0.25, 0.3) is 5.56 Å². The molecule has 0 aliphatic heterocycles. The van der Waals surface area contributed by atoms with Gasteiger partial charge in [0, 0.05) is 18.5 Å². The second-order valence-electron chi connectivity index (χ2n) is 6.12. The molecule has 3 aromatic rings. The smallest absolute Gasteiger partial charge is 0.383 e. The van der Waals surface area contributed by atoms with Gasteiger partial charge in [0.05, 0.1) is 35.9 Å². The van der Waals surface area contributed by atoms with Gasteiger partial charge in [-0.1, -0.05) is 0 Å². The monoisotopic (exact) mass is 406 g/mol. The largest absolute Gasteiger partial charge is 0.416 e. The number of rotatable bonds is 5. The lowest BCUT2D eigenvalue weighted by atomic mass is 10.2. The van der Waals surface area contributed by atoms with Crippen molar-refractivity contribution in [3.63, 3.8) is 0 Å². The van der Waals surface area contributed by atoms with Crippen molar-refractivity contribution in [2.45, 2.75) is 12.7 Å². The quantitative estimate of drug-likeness (QED) is 0.677. The summed E-state index contributed by atoms with van der Waals surface area (Å²) in [6.45, 7) is 0.685. The fraction of sp³-hybridized carbons (Fsp3) is 0.211. The maximum Gasteiger partial charge on any atom is 0.416 e. The minimum atomic E-state index is -4.45. The fourth-order valence-corrected chi connectivity index (χ4v) is 2.62. The molecule has 1 heterocycles. The van der Waals surface area contributed by atoms with Gasteiger partial charge in [-0.3, -0.25) is 9.36 Å². The van der Waals surface area contributed by atoms with E-state index in [1.54, 1.807) is 12.1 Å². The second kappa shape index (κ2) is 8.31. The Bertz CT molecular complexity index is 1080.